The Bertz CT molecular complexity index is 1660. The number of hydrazone groups is 1. The number of nitrogens with zero attached hydrogens (tertiary/aromatic N) is 5. The number of imidazole rings is 1. The van der Waals surface area contributed by atoms with Gasteiger partial charge in [-0.1, -0.05) is 23.7 Å². The normalized spacial score (nSPS) is 16.5. The van der Waals surface area contributed by atoms with E-state index in [9.17, 15) is 14.3 Å². The number of ether oxygens (including phenoxy) is 3. The molecular formula is C30H29ClFN5O5. The van der Waals surface area contributed by atoms with Crippen LogP contribution in [0.2, 0.25) is 5.02 Å². The van der Waals surface area contributed by atoms with Crippen LogP contribution >= 0.6 is 11.6 Å². The van der Waals surface area contributed by atoms with Gasteiger partial charge in [0.15, 0.2) is 5.82 Å². The van der Waals surface area contributed by atoms with Crippen LogP contribution in [0.4, 0.5) is 10.1 Å². The lowest BCUT2D eigenvalue weighted by molar-refractivity contribution is -0.0592. The fourth-order valence-corrected chi connectivity index (χ4v) is 5.18. The summed E-state index contributed by atoms with van der Waals surface area (Å²) in [5.74, 6) is 0.116. The van der Waals surface area contributed by atoms with Crippen LogP contribution in [-0.4, -0.2) is 64.9 Å². The average molecular weight is 594 g/mol. The molecule has 0 saturated carbocycles. The number of rotatable bonds is 10. The van der Waals surface area contributed by atoms with Gasteiger partial charge >= 0.3 is 5.97 Å². The van der Waals surface area contributed by atoms with Crippen LogP contribution in [0, 0.1) is 5.82 Å². The number of aromatic carboxylic acids is 1. The summed E-state index contributed by atoms with van der Waals surface area (Å²) in [5.41, 5.74) is 2.28. The van der Waals surface area contributed by atoms with Gasteiger partial charge in [0.05, 0.1) is 43.9 Å². The maximum Gasteiger partial charge on any atom is 0.335 e. The molecule has 218 valence electrons. The zero-order chi connectivity index (χ0) is 29.2. The van der Waals surface area contributed by atoms with Crippen LogP contribution in [0.3, 0.4) is 0 Å². The molecule has 1 fully saturated rings. The van der Waals surface area contributed by atoms with Crippen LogP contribution in [0.25, 0.3) is 11.0 Å². The quantitative estimate of drug-likeness (QED) is 0.269. The van der Waals surface area contributed by atoms with Crippen LogP contribution < -0.4 is 14.4 Å². The Morgan fingerprint density at radius 1 is 1.19 bits per heavy atom. The van der Waals surface area contributed by atoms with Gasteiger partial charge in [-0.15, -0.1) is 0 Å². The Balaban J connectivity index is 1.16. The molecule has 1 saturated heterocycles. The number of hydrogen-bond acceptors (Lipinski definition) is 8. The molecule has 2 aliphatic rings. The van der Waals surface area contributed by atoms with Crippen LogP contribution in [0.1, 0.15) is 28.2 Å². The Hall–Kier alpha value is -4.35. The van der Waals surface area contributed by atoms with E-state index in [4.69, 9.17) is 25.8 Å². The highest BCUT2D eigenvalue weighted by atomic mass is 35.5. The van der Waals surface area contributed by atoms with E-state index >= 15 is 0 Å². The molecule has 2 aliphatic heterocycles. The summed E-state index contributed by atoms with van der Waals surface area (Å²) in [7, 11) is 1.60. The van der Waals surface area contributed by atoms with Crippen molar-refractivity contribution in [3.8, 4) is 11.5 Å². The van der Waals surface area contributed by atoms with Crippen molar-refractivity contribution in [3.63, 3.8) is 0 Å². The number of halogens is 2. The molecule has 3 aromatic carbocycles. The van der Waals surface area contributed by atoms with E-state index in [-0.39, 0.29) is 17.2 Å². The van der Waals surface area contributed by atoms with E-state index in [0.29, 0.717) is 67.3 Å². The van der Waals surface area contributed by atoms with Crippen molar-refractivity contribution in [2.75, 3.05) is 31.7 Å². The van der Waals surface area contributed by atoms with Crippen molar-refractivity contribution in [1.29, 1.82) is 0 Å². The van der Waals surface area contributed by atoms with Gasteiger partial charge in [0, 0.05) is 35.5 Å². The highest BCUT2D eigenvalue weighted by Gasteiger charge is 2.25. The smallest absolute Gasteiger partial charge is 0.335 e. The molecule has 1 aromatic heterocycles. The first kappa shape index (κ1) is 27.8. The summed E-state index contributed by atoms with van der Waals surface area (Å²) in [6, 6.07) is 15.7. The second kappa shape index (κ2) is 11.9. The molecule has 0 unspecified atom stereocenters. The highest BCUT2D eigenvalue weighted by molar-refractivity contribution is 6.30. The molecular weight excluding hydrogens is 565 g/mol. The molecule has 1 N–H and O–H groups in total. The fraction of sp³-hybridized carbons (Fsp3) is 0.300. The number of fused-ring (bicyclic) bond motifs is 1. The molecule has 0 bridgehead atoms. The molecule has 0 spiro atoms. The zero-order valence-electron chi connectivity index (χ0n) is 22.9. The van der Waals surface area contributed by atoms with Crippen molar-refractivity contribution in [1.82, 2.24) is 14.6 Å². The highest BCUT2D eigenvalue weighted by Crippen LogP contribution is 2.28. The first-order chi connectivity index (χ1) is 20.4. The van der Waals surface area contributed by atoms with Crippen LogP contribution in [0.15, 0.2) is 59.7 Å². The van der Waals surface area contributed by atoms with E-state index in [1.807, 2.05) is 44.8 Å². The van der Waals surface area contributed by atoms with E-state index in [2.05, 4.69) is 10.1 Å². The largest absolute Gasteiger partial charge is 0.496 e. The molecule has 0 aliphatic carbocycles. The molecule has 0 amide bonds. The molecule has 42 heavy (non-hydrogen) atoms. The van der Waals surface area contributed by atoms with Gasteiger partial charge in [-0.05, 0) is 42.8 Å². The summed E-state index contributed by atoms with van der Waals surface area (Å²) in [4.78, 5) is 18.1. The number of methoxy groups -OCH3 is 1. The van der Waals surface area contributed by atoms with E-state index in [1.165, 1.54) is 6.07 Å². The van der Waals surface area contributed by atoms with Gasteiger partial charge < -0.3 is 28.8 Å². The number of benzene rings is 3. The second-order valence-electron chi connectivity index (χ2n) is 10.1. The predicted molar refractivity (Wildman–Crippen MR) is 156 cm³/mol. The molecule has 3 heterocycles. The van der Waals surface area contributed by atoms with Gasteiger partial charge in [-0.25, -0.2) is 14.2 Å². The van der Waals surface area contributed by atoms with Crippen molar-refractivity contribution in [2.45, 2.75) is 32.2 Å². The minimum Gasteiger partial charge on any atom is -0.496 e. The number of carboxylic acid groups (broad SMARTS) is 1. The lowest BCUT2D eigenvalue weighted by Crippen LogP contribution is -2.38. The third-order valence-electron chi connectivity index (χ3n) is 7.38. The molecule has 1 atom stereocenters. The standard InChI is InChI=1S/C30H29ClFN5O5/c1-40-27-13-21(31)6-5-19(27)17-42-23-4-2-3-22(14-23)35-8-9-36(33-18-35)16-28-34-29-25(32)11-20(30(38)39)12-26(29)37(28)15-24-7-10-41-24/h2-6,11-14,18,24H,7-10,15-17H2,1H3,(H,38,39)/t24-/m0/s1. The molecule has 4 aromatic rings. The minimum atomic E-state index is -1.19. The number of anilines is 1. The summed E-state index contributed by atoms with van der Waals surface area (Å²) in [5, 5.41) is 16.5. The van der Waals surface area contributed by atoms with Gasteiger partial charge in [0.1, 0.15) is 35.8 Å². The molecule has 0 radical (unpaired) electrons. The first-order valence-corrected chi connectivity index (χ1v) is 13.9. The lowest BCUT2D eigenvalue weighted by Gasteiger charge is -2.31. The summed E-state index contributed by atoms with van der Waals surface area (Å²) < 4.78 is 33.8. The molecule has 12 heteroatoms. The second-order valence-corrected chi connectivity index (χ2v) is 10.5. The van der Waals surface area contributed by atoms with Gasteiger partial charge in [0.2, 0.25) is 0 Å². The first-order valence-electron chi connectivity index (χ1n) is 13.5. The molecule has 10 nitrogen and oxygen atoms in total. The monoisotopic (exact) mass is 593 g/mol. The maximum atomic E-state index is 14.8. The Morgan fingerprint density at radius 3 is 2.76 bits per heavy atom. The van der Waals surface area contributed by atoms with Crippen molar-refractivity contribution >= 4 is 40.6 Å². The van der Waals surface area contributed by atoms with Crippen LogP contribution in [0.5, 0.6) is 11.5 Å². The number of aromatic nitrogens is 2. The SMILES string of the molecule is COc1cc(Cl)ccc1COc1cccc(N2C=NN(Cc3nc4c(F)cc(C(=O)O)cc4n3C[C@@H]3CCO3)CC2)c1. The summed E-state index contributed by atoms with van der Waals surface area (Å²) >= 11 is 6.07. The van der Waals surface area contributed by atoms with Crippen molar-refractivity contribution < 1.29 is 28.5 Å². The number of carboxylic acids is 1. The predicted octanol–water partition coefficient (Wildman–Crippen LogP) is 5.17. The number of carbonyl (C=O) groups is 1. The van der Waals surface area contributed by atoms with E-state index in [0.717, 1.165) is 23.7 Å². The fourth-order valence-electron chi connectivity index (χ4n) is 5.01. The van der Waals surface area contributed by atoms with Gasteiger partial charge in [-0.2, -0.15) is 5.10 Å². The average Bonchev–Trinajstić information content (AvgIpc) is 3.31. The lowest BCUT2D eigenvalue weighted by atomic mass is 10.1. The summed E-state index contributed by atoms with van der Waals surface area (Å²) in [6.07, 6.45) is 2.61. The van der Waals surface area contributed by atoms with E-state index < -0.39 is 11.8 Å². The van der Waals surface area contributed by atoms with Crippen molar-refractivity contribution in [3.05, 3.63) is 82.4 Å². The number of hydrogen-bond donors (Lipinski definition) is 1. The Labute approximate surface area is 246 Å². The van der Waals surface area contributed by atoms with Gasteiger partial charge in [0.25, 0.3) is 0 Å². The summed E-state index contributed by atoms with van der Waals surface area (Å²) in [6.45, 7) is 3.05. The van der Waals surface area contributed by atoms with Gasteiger partial charge in [-0.3, -0.25) is 5.01 Å². The zero-order valence-corrected chi connectivity index (χ0v) is 23.6. The maximum absolute atomic E-state index is 14.8. The van der Waals surface area contributed by atoms with Crippen LogP contribution in [-0.2, 0) is 24.4 Å². The Kier molecular flexibility index (Phi) is 7.86. The topological polar surface area (TPSA) is 102 Å². The molecule has 6 rings (SSSR count). The van der Waals surface area contributed by atoms with Crippen molar-refractivity contribution in [2.24, 2.45) is 5.10 Å². The Morgan fingerprint density at radius 2 is 2.05 bits per heavy atom. The third kappa shape index (κ3) is 5.83. The third-order valence-corrected chi connectivity index (χ3v) is 7.62. The van der Waals surface area contributed by atoms with E-state index in [1.54, 1.807) is 25.6 Å². The minimum absolute atomic E-state index is 0.0201.